The third-order valence-electron chi connectivity index (χ3n) is 3.29. The second-order valence-electron chi connectivity index (χ2n) is 4.70. The van der Waals surface area contributed by atoms with Crippen LogP contribution in [-0.2, 0) is 16.1 Å². The molecule has 4 nitrogen and oxygen atoms in total. The Hall–Kier alpha value is -1.46. The van der Waals surface area contributed by atoms with Crippen LogP contribution in [0.4, 0.5) is 4.39 Å². The summed E-state index contributed by atoms with van der Waals surface area (Å²) in [4.78, 5) is 13.4. The first-order valence-corrected chi connectivity index (χ1v) is 6.53. The lowest BCUT2D eigenvalue weighted by Gasteiger charge is -2.25. The fraction of sp³-hybridized carbons (Fsp3) is 0.500. The molecule has 0 aliphatic carbocycles. The van der Waals surface area contributed by atoms with Crippen molar-refractivity contribution in [1.29, 1.82) is 0 Å². The number of nitrogens with two attached hydrogens (primary N) is 1. The molecule has 0 aromatic heterocycles. The molecule has 2 rings (SSSR count). The van der Waals surface area contributed by atoms with Crippen molar-refractivity contribution in [3.8, 4) is 0 Å². The van der Waals surface area contributed by atoms with Gasteiger partial charge < -0.3 is 15.4 Å². The third-order valence-corrected chi connectivity index (χ3v) is 3.29. The molecular weight excluding hydrogens is 247 g/mol. The summed E-state index contributed by atoms with van der Waals surface area (Å²) in [6, 6.07) is 6.47. The van der Waals surface area contributed by atoms with Gasteiger partial charge in [0.25, 0.3) is 0 Å². The third kappa shape index (κ3) is 3.75. The monoisotopic (exact) mass is 266 g/mol. The number of halogens is 1. The number of hydrogen-bond donors (Lipinski definition) is 1. The second kappa shape index (κ2) is 6.63. The predicted octanol–water partition coefficient (Wildman–Crippen LogP) is 1.29. The van der Waals surface area contributed by atoms with E-state index in [1.807, 2.05) is 0 Å². The van der Waals surface area contributed by atoms with Crippen LogP contribution < -0.4 is 5.73 Å². The Morgan fingerprint density at radius 2 is 2.26 bits per heavy atom. The maximum absolute atomic E-state index is 13.6. The Bertz CT molecular complexity index is 433. The highest BCUT2D eigenvalue weighted by Crippen LogP contribution is 2.16. The summed E-state index contributed by atoms with van der Waals surface area (Å²) in [5.41, 5.74) is 5.92. The number of amides is 1. The summed E-state index contributed by atoms with van der Waals surface area (Å²) in [5, 5.41) is 0. The zero-order valence-electron chi connectivity index (χ0n) is 10.8. The van der Waals surface area contributed by atoms with Crippen molar-refractivity contribution in [1.82, 2.24) is 4.90 Å². The van der Waals surface area contributed by atoms with Crippen molar-refractivity contribution in [3.05, 3.63) is 35.6 Å². The molecule has 0 radical (unpaired) electrons. The molecule has 1 aliphatic heterocycles. The van der Waals surface area contributed by atoms with Crippen LogP contribution >= 0.6 is 0 Å². The van der Waals surface area contributed by atoms with E-state index in [0.717, 1.165) is 19.4 Å². The van der Waals surface area contributed by atoms with Gasteiger partial charge in [-0.3, -0.25) is 4.79 Å². The molecule has 0 bridgehead atoms. The van der Waals surface area contributed by atoms with Gasteiger partial charge in [0.1, 0.15) is 5.82 Å². The second-order valence-corrected chi connectivity index (χ2v) is 4.70. The molecule has 1 saturated heterocycles. The average Bonchev–Trinajstić information content (AvgIpc) is 2.92. The fourth-order valence-corrected chi connectivity index (χ4v) is 2.25. The van der Waals surface area contributed by atoms with Crippen LogP contribution in [-0.4, -0.2) is 36.6 Å². The quantitative estimate of drug-likeness (QED) is 0.873. The molecule has 0 saturated carbocycles. The van der Waals surface area contributed by atoms with Crippen LogP contribution in [0.5, 0.6) is 0 Å². The van der Waals surface area contributed by atoms with Crippen molar-refractivity contribution in [3.63, 3.8) is 0 Å². The number of hydrogen-bond acceptors (Lipinski definition) is 3. The van der Waals surface area contributed by atoms with Gasteiger partial charge in [-0.2, -0.15) is 0 Å². The molecule has 104 valence electrons. The smallest absolute Gasteiger partial charge is 0.236 e. The van der Waals surface area contributed by atoms with Crippen molar-refractivity contribution >= 4 is 5.91 Å². The van der Waals surface area contributed by atoms with E-state index < -0.39 is 0 Å². The molecule has 1 fully saturated rings. The number of rotatable bonds is 5. The Kier molecular flexibility index (Phi) is 4.87. The van der Waals surface area contributed by atoms with Crippen molar-refractivity contribution in [2.45, 2.75) is 25.5 Å². The van der Waals surface area contributed by atoms with Crippen LogP contribution in [0.2, 0.25) is 0 Å². The van der Waals surface area contributed by atoms with E-state index in [4.69, 9.17) is 10.5 Å². The summed E-state index contributed by atoms with van der Waals surface area (Å²) in [6.07, 6.45) is 1.99. The summed E-state index contributed by atoms with van der Waals surface area (Å²) in [7, 11) is 0. The standard InChI is InChI=1S/C14H19FN2O2/c15-13-6-2-1-4-11(13)9-17(14(18)8-16)10-12-5-3-7-19-12/h1-2,4,6,12H,3,5,7-10,16H2. The average molecular weight is 266 g/mol. The predicted molar refractivity (Wildman–Crippen MR) is 69.8 cm³/mol. The van der Waals surface area contributed by atoms with E-state index in [1.165, 1.54) is 6.07 Å². The minimum atomic E-state index is -0.301. The van der Waals surface area contributed by atoms with Gasteiger partial charge in [0, 0.05) is 25.3 Å². The highest BCUT2D eigenvalue weighted by molar-refractivity contribution is 5.78. The van der Waals surface area contributed by atoms with Gasteiger partial charge in [-0.1, -0.05) is 18.2 Å². The van der Waals surface area contributed by atoms with Crippen LogP contribution in [0.15, 0.2) is 24.3 Å². The summed E-state index contributed by atoms with van der Waals surface area (Å²) in [6.45, 7) is 1.38. The van der Waals surface area contributed by atoms with E-state index in [-0.39, 0.29) is 30.9 Å². The lowest BCUT2D eigenvalue weighted by Crippen LogP contribution is -2.40. The lowest BCUT2D eigenvalue weighted by molar-refractivity contribution is -0.131. The molecule has 1 aliphatic rings. The van der Waals surface area contributed by atoms with Crippen LogP contribution in [0, 0.1) is 5.82 Å². The molecule has 19 heavy (non-hydrogen) atoms. The summed E-state index contributed by atoms with van der Waals surface area (Å²) >= 11 is 0. The van der Waals surface area contributed by atoms with Gasteiger partial charge in [0.15, 0.2) is 0 Å². The maximum atomic E-state index is 13.6. The van der Waals surface area contributed by atoms with Crippen LogP contribution in [0.3, 0.4) is 0 Å². The van der Waals surface area contributed by atoms with Gasteiger partial charge >= 0.3 is 0 Å². The van der Waals surface area contributed by atoms with Gasteiger partial charge in [-0.25, -0.2) is 4.39 Å². The first-order valence-electron chi connectivity index (χ1n) is 6.53. The zero-order chi connectivity index (χ0) is 13.7. The molecule has 2 N–H and O–H groups in total. The van der Waals surface area contributed by atoms with E-state index in [0.29, 0.717) is 12.1 Å². The topological polar surface area (TPSA) is 55.6 Å². The molecule has 1 atom stereocenters. The van der Waals surface area contributed by atoms with E-state index in [9.17, 15) is 9.18 Å². The van der Waals surface area contributed by atoms with Gasteiger partial charge in [0.2, 0.25) is 5.91 Å². The molecular formula is C14H19FN2O2. The largest absolute Gasteiger partial charge is 0.376 e. The first-order chi connectivity index (χ1) is 9.20. The summed E-state index contributed by atoms with van der Waals surface area (Å²) in [5.74, 6) is -0.483. The van der Waals surface area contributed by atoms with Gasteiger partial charge in [-0.15, -0.1) is 0 Å². The van der Waals surface area contributed by atoms with Crippen LogP contribution in [0.1, 0.15) is 18.4 Å². The minimum Gasteiger partial charge on any atom is -0.376 e. The van der Waals surface area contributed by atoms with Crippen LogP contribution in [0.25, 0.3) is 0 Å². The molecule has 1 amide bonds. The Morgan fingerprint density at radius 3 is 2.89 bits per heavy atom. The lowest BCUT2D eigenvalue weighted by atomic mass is 10.1. The normalized spacial score (nSPS) is 18.5. The number of nitrogens with zero attached hydrogens (tertiary/aromatic N) is 1. The Morgan fingerprint density at radius 1 is 1.47 bits per heavy atom. The van der Waals surface area contributed by atoms with Gasteiger partial charge in [-0.05, 0) is 18.9 Å². The first kappa shape index (κ1) is 14.0. The molecule has 1 aromatic rings. The molecule has 5 heteroatoms. The fourth-order valence-electron chi connectivity index (χ4n) is 2.25. The number of ether oxygens (including phenoxy) is 1. The molecule has 1 unspecified atom stereocenters. The number of carbonyl (C=O) groups excluding carboxylic acids is 1. The van der Waals surface area contributed by atoms with E-state index >= 15 is 0 Å². The van der Waals surface area contributed by atoms with Gasteiger partial charge in [0.05, 0.1) is 12.6 Å². The SMILES string of the molecule is NCC(=O)N(Cc1ccccc1F)CC1CCCO1. The molecule has 1 heterocycles. The number of carbonyl (C=O) groups is 1. The maximum Gasteiger partial charge on any atom is 0.236 e. The van der Waals surface area contributed by atoms with Crippen molar-refractivity contribution in [2.24, 2.45) is 5.73 Å². The van der Waals surface area contributed by atoms with Crippen molar-refractivity contribution in [2.75, 3.05) is 19.7 Å². The van der Waals surface area contributed by atoms with E-state index in [2.05, 4.69) is 0 Å². The highest BCUT2D eigenvalue weighted by Gasteiger charge is 2.22. The van der Waals surface area contributed by atoms with Crippen molar-refractivity contribution < 1.29 is 13.9 Å². The van der Waals surface area contributed by atoms with E-state index in [1.54, 1.807) is 23.1 Å². The number of benzene rings is 1. The highest BCUT2D eigenvalue weighted by atomic mass is 19.1. The molecule has 1 aromatic carbocycles. The Labute approximate surface area is 112 Å². The summed E-state index contributed by atoms with van der Waals surface area (Å²) < 4.78 is 19.1. The zero-order valence-corrected chi connectivity index (χ0v) is 10.8. The minimum absolute atomic E-state index is 0.0438. The molecule has 0 spiro atoms. The Balaban J connectivity index is 2.05.